The Labute approximate surface area is 198 Å². The van der Waals surface area contributed by atoms with Gasteiger partial charge in [0.05, 0.1) is 10.7 Å². The lowest BCUT2D eigenvalue weighted by atomic mass is 10.2. The molecule has 2 aromatic heterocycles. The van der Waals surface area contributed by atoms with Gasteiger partial charge in [-0.2, -0.15) is 13.2 Å². The van der Waals surface area contributed by atoms with Crippen LogP contribution in [-0.4, -0.2) is 29.3 Å². The summed E-state index contributed by atoms with van der Waals surface area (Å²) in [5.41, 5.74) is -3.52. The first-order chi connectivity index (χ1) is 16.0. The molecule has 0 aliphatic rings. The van der Waals surface area contributed by atoms with Gasteiger partial charge in [-0.1, -0.05) is 23.2 Å². The van der Waals surface area contributed by atoms with Crippen molar-refractivity contribution in [2.24, 2.45) is 7.05 Å². The van der Waals surface area contributed by atoms with E-state index in [9.17, 15) is 22.8 Å². The van der Waals surface area contributed by atoms with Gasteiger partial charge in [-0.3, -0.25) is 9.36 Å². The molecule has 14 heteroatoms. The maximum Gasteiger partial charge on any atom is 0.431 e. The van der Waals surface area contributed by atoms with Crippen molar-refractivity contribution >= 4 is 23.2 Å². The molecule has 9 nitrogen and oxygen atoms in total. The molecular formula is C20H13Cl2F3N6O3. The van der Waals surface area contributed by atoms with Crippen LogP contribution in [0.1, 0.15) is 5.69 Å². The van der Waals surface area contributed by atoms with E-state index in [4.69, 9.17) is 27.9 Å². The van der Waals surface area contributed by atoms with Gasteiger partial charge in [0.2, 0.25) is 12.6 Å². The molecular weight excluding hydrogens is 500 g/mol. The monoisotopic (exact) mass is 512 g/mol. The van der Waals surface area contributed by atoms with E-state index in [-0.39, 0.29) is 28.8 Å². The summed E-state index contributed by atoms with van der Waals surface area (Å²) >= 11 is 12.1. The topological polar surface area (TPSA) is 96.8 Å². The average Bonchev–Trinajstić information content (AvgIpc) is 3.25. The number of hydrogen-bond donors (Lipinski definition) is 0. The Morgan fingerprint density at radius 1 is 1.03 bits per heavy atom. The van der Waals surface area contributed by atoms with Crippen molar-refractivity contribution in [3.8, 4) is 22.8 Å². The van der Waals surface area contributed by atoms with E-state index in [0.29, 0.717) is 26.0 Å². The van der Waals surface area contributed by atoms with Crippen molar-refractivity contribution in [2.45, 2.75) is 12.9 Å². The van der Waals surface area contributed by atoms with E-state index in [1.54, 1.807) is 24.3 Å². The van der Waals surface area contributed by atoms with Crippen LogP contribution in [0.2, 0.25) is 10.0 Å². The maximum absolute atomic E-state index is 13.1. The Balaban J connectivity index is 1.67. The fraction of sp³-hybridized carbons (Fsp3) is 0.150. The first kappa shape index (κ1) is 23.5. The van der Waals surface area contributed by atoms with Crippen LogP contribution in [0.4, 0.5) is 13.2 Å². The van der Waals surface area contributed by atoms with E-state index in [1.165, 1.54) is 18.2 Å². The van der Waals surface area contributed by atoms with Crippen LogP contribution in [-0.2, 0) is 20.0 Å². The predicted molar refractivity (Wildman–Crippen MR) is 116 cm³/mol. The van der Waals surface area contributed by atoms with Gasteiger partial charge in [0.1, 0.15) is 11.4 Å². The minimum atomic E-state index is -4.87. The van der Waals surface area contributed by atoms with E-state index in [2.05, 4.69) is 15.4 Å². The molecule has 0 bridgehead atoms. The number of hydrogen-bond acceptors (Lipinski definition) is 6. The quantitative estimate of drug-likeness (QED) is 0.405. The molecule has 0 amide bonds. The molecule has 0 spiro atoms. The van der Waals surface area contributed by atoms with Crippen LogP contribution in [0.5, 0.6) is 5.75 Å². The smallest absolute Gasteiger partial charge is 0.431 e. The van der Waals surface area contributed by atoms with Crippen LogP contribution in [0, 0.1) is 0 Å². The molecule has 4 rings (SSSR count). The van der Waals surface area contributed by atoms with Crippen LogP contribution < -0.4 is 16.0 Å². The molecule has 0 atom stereocenters. The second-order valence-electron chi connectivity index (χ2n) is 6.92. The largest absolute Gasteiger partial charge is 0.470 e. The number of tetrazole rings is 1. The fourth-order valence-electron chi connectivity index (χ4n) is 3.03. The third kappa shape index (κ3) is 4.68. The van der Waals surface area contributed by atoms with Gasteiger partial charge in [-0.05, 0) is 47.7 Å². The fourth-order valence-corrected chi connectivity index (χ4v) is 3.36. The number of ether oxygens (including phenoxy) is 1. The SMILES string of the molecule is Cn1c(C(F)(F)F)cc(=O)n(-c2ccc(Cl)c(-c3nnn(COc4ccc(Cl)cc4)n3)c2)c1=O. The molecule has 0 aliphatic heterocycles. The Hall–Kier alpha value is -3.64. The number of aromatic nitrogens is 6. The number of alkyl halides is 3. The average molecular weight is 513 g/mol. The van der Waals surface area contributed by atoms with Gasteiger partial charge in [0, 0.05) is 23.7 Å². The zero-order valence-corrected chi connectivity index (χ0v) is 18.6. The highest BCUT2D eigenvalue weighted by atomic mass is 35.5. The highest BCUT2D eigenvalue weighted by Gasteiger charge is 2.35. The third-order valence-electron chi connectivity index (χ3n) is 4.67. The van der Waals surface area contributed by atoms with E-state index in [0.717, 1.165) is 11.8 Å². The molecule has 0 fully saturated rings. The van der Waals surface area contributed by atoms with Gasteiger partial charge < -0.3 is 4.74 Å². The summed E-state index contributed by atoms with van der Waals surface area (Å²) in [6.45, 7) is -0.0924. The highest BCUT2D eigenvalue weighted by Crippen LogP contribution is 2.28. The molecule has 0 saturated heterocycles. The van der Waals surface area contributed by atoms with Crippen LogP contribution >= 0.6 is 23.2 Å². The molecule has 176 valence electrons. The first-order valence-electron chi connectivity index (χ1n) is 9.41. The van der Waals surface area contributed by atoms with Crippen molar-refractivity contribution in [2.75, 3.05) is 0 Å². The summed E-state index contributed by atoms with van der Waals surface area (Å²) in [7, 11) is 0.922. The molecule has 4 aromatic rings. The molecule has 0 unspecified atom stereocenters. The Morgan fingerprint density at radius 2 is 1.74 bits per heavy atom. The molecule has 0 aliphatic carbocycles. The lowest BCUT2D eigenvalue weighted by molar-refractivity contribution is -0.144. The van der Waals surface area contributed by atoms with Crippen LogP contribution in [0.25, 0.3) is 17.1 Å². The molecule has 2 aromatic carbocycles. The Morgan fingerprint density at radius 3 is 2.41 bits per heavy atom. The lowest BCUT2D eigenvalue weighted by Crippen LogP contribution is -2.40. The predicted octanol–water partition coefficient (Wildman–Crippen LogP) is 3.55. The second kappa shape index (κ2) is 8.95. The van der Waals surface area contributed by atoms with Crippen molar-refractivity contribution < 1.29 is 17.9 Å². The summed E-state index contributed by atoms with van der Waals surface area (Å²) in [6, 6.07) is 10.9. The number of halogens is 5. The Bertz CT molecular complexity index is 1480. The van der Waals surface area contributed by atoms with Crippen molar-refractivity contribution in [1.82, 2.24) is 29.3 Å². The zero-order valence-electron chi connectivity index (χ0n) is 17.1. The van der Waals surface area contributed by atoms with E-state index < -0.39 is 23.1 Å². The van der Waals surface area contributed by atoms with Gasteiger partial charge in [-0.15, -0.1) is 15.0 Å². The summed E-state index contributed by atoms with van der Waals surface area (Å²) in [6.07, 6.45) is -4.87. The molecule has 0 N–H and O–H groups in total. The molecule has 0 radical (unpaired) electrons. The minimum absolute atomic E-state index is 0.0208. The van der Waals surface area contributed by atoms with Gasteiger partial charge in [-0.25, -0.2) is 9.36 Å². The van der Waals surface area contributed by atoms with Gasteiger partial charge >= 0.3 is 11.9 Å². The minimum Gasteiger partial charge on any atom is -0.470 e. The molecule has 34 heavy (non-hydrogen) atoms. The Kier molecular flexibility index (Phi) is 6.19. The van der Waals surface area contributed by atoms with Crippen LogP contribution in [0.15, 0.2) is 58.1 Å². The first-order valence-corrected chi connectivity index (χ1v) is 10.2. The summed E-state index contributed by atoms with van der Waals surface area (Å²) in [4.78, 5) is 26.1. The van der Waals surface area contributed by atoms with Crippen molar-refractivity contribution in [3.63, 3.8) is 0 Å². The van der Waals surface area contributed by atoms with Gasteiger partial charge in [0.25, 0.3) is 5.56 Å². The van der Waals surface area contributed by atoms with E-state index in [1.807, 2.05) is 0 Å². The number of benzene rings is 2. The maximum atomic E-state index is 13.1. The highest BCUT2D eigenvalue weighted by molar-refractivity contribution is 6.33. The third-order valence-corrected chi connectivity index (χ3v) is 5.25. The standard InChI is InChI=1S/C20H13Cl2F3N6O3/c1-29-16(20(23,24)25)9-17(32)31(19(29)33)12-4-7-15(22)14(8-12)18-26-28-30(27-18)10-34-13-5-2-11(21)3-6-13/h2-9H,10H2,1H3. The number of nitrogens with zero attached hydrogens (tertiary/aromatic N) is 6. The normalized spacial score (nSPS) is 11.6. The second-order valence-corrected chi connectivity index (χ2v) is 7.76. The summed E-state index contributed by atoms with van der Waals surface area (Å²) in [5, 5.41) is 12.6. The van der Waals surface area contributed by atoms with Crippen molar-refractivity contribution in [3.05, 3.63) is 85.1 Å². The zero-order chi connectivity index (χ0) is 24.6. The van der Waals surface area contributed by atoms with Crippen molar-refractivity contribution in [1.29, 1.82) is 0 Å². The van der Waals surface area contributed by atoms with Gasteiger partial charge in [0.15, 0.2) is 0 Å². The van der Waals surface area contributed by atoms with E-state index >= 15 is 0 Å². The number of rotatable bonds is 5. The summed E-state index contributed by atoms with van der Waals surface area (Å²) < 4.78 is 45.8. The lowest BCUT2D eigenvalue weighted by Gasteiger charge is -2.14. The molecule has 0 saturated carbocycles. The summed E-state index contributed by atoms with van der Waals surface area (Å²) in [5.74, 6) is 0.559. The molecule has 2 heterocycles. The van der Waals surface area contributed by atoms with Crippen LogP contribution in [0.3, 0.4) is 0 Å².